The number of rotatable bonds is 5. The summed E-state index contributed by atoms with van der Waals surface area (Å²) in [5.41, 5.74) is 5.28. The summed E-state index contributed by atoms with van der Waals surface area (Å²) in [7, 11) is 0. The minimum atomic E-state index is -0.209. The summed E-state index contributed by atoms with van der Waals surface area (Å²) >= 11 is 0. The van der Waals surface area contributed by atoms with Crippen molar-refractivity contribution in [3.63, 3.8) is 0 Å². The molecule has 0 N–H and O–H groups in total. The maximum atomic E-state index is 14.0. The minimum absolute atomic E-state index is 0.0696. The lowest BCUT2D eigenvalue weighted by Gasteiger charge is -2.34. The lowest BCUT2D eigenvalue weighted by atomic mass is 9.97. The predicted molar refractivity (Wildman–Crippen MR) is 132 cm³/mol. The molecule has 0 aliphatic carbocycles. The van der Waals surface area contributed by atoms with Crippen molar-refractivity contribution in [2.24, 2.45) is 0 Å². The van der Waals surface area contributed by atoms with Gasteiger partial charge in [0.2, 0.25) is 0 Å². The molecule has 0 saturated carbocycles. The van der Waals surface area contributed by atoms with Crippen molar-refractivity contribution in [2.75, 3.05) is 6.54 Å². The number of hydrogen-bond acceptors (Lipinski definition) is 3. The monoisotopic (exact) mass is 435 g/mol. The largest absolute Gasteiger partial charge is 0.292 e. The summed E-state index contributed by atoms with van der Waals surface area (Å²) in [5, 5.41) is 0. The van der Waals surface area contributed by atoms with Crippen molar-refractivity contribution in [3.8, 4) is 0 Å². The van der Waals surface area contributed by atoms with E-state index < -0.39 is 0 Å². The van der Waals surface area contributed by atoms with Gasteiger partial charge < -0.3 is 0 Å². The lowest BCUT2D eigenvalue weighted by molar-refractivity contribution is 0.188. The highest BCUT2D eigenvalue weighted by Gasteiger charge is 2.28. The first-order chi connectivity index (χ1) is 16.1. The van der Waals surface area contributed by atoms with Crippen LogP contribution in [0.2, 0.25) is 0 Å². The summed E-state index contributed by atoms with van der Waals surface area (Å²) in [6, 6.07) is 31.0. The van der Waals surface area contributed by atoms with E-state index in [-0.39, 0.29) is 17.6 Å². The molecule has 2 heterocycles. The van der Waals surface area contributed by atoms with Gasteiger partial charge in [0, 0.05) is 25.6 Å². The van der Waals surface area contributed by atoms with Crippen molar-refractivity contribution in [2.45, 2.75) is 38.9 Å². The molecule has 1 aliphatic rings. The van der Waals surface area contributed by atoms with Gasteiger partial charge in [0.15, 0.2) is 0 Å². The quantitative estimate of drug-likeness (QED) is 0.426. The fraction of sp³-hybridized carbons (Fsp3) is 0.241. The molecule has 0 amide bonds. The number of benzene rings is 3. The molecule has 0 saturated heterocycles. The third-order valence-corrected chi connectivity index (χ3v) is 6.79. The molecular weight excluding hydrogens is 406 g/mol. The lowest BCUT2D eigenvalue weighted by Crippen LogP contribution is -2.41. The second kappa shape index (κ2) is 9.16. The van der Waals surface area contributed by atoms with Crippen LogP contribution in [0.1, 0.15) is 52.8 Å². The van der Waals surface area contributed by atoms with Crippen LogP contribution in [-0.2, 0) is 13.0 Å². The van der Waals surface area contributed by atoms with Gasteiger partial charge in [0.05, 0.1) is 17.3 Å². The van der Waals surface area contributed by atoms with Gasteiger partial charge in [-0.2, -0.15) is 0 Å². The van der Waals surface area contributed by atoms with E-state index in [4.69, 9.17) is 4.98 Å². The van der Waals surface area contributed by atoms with Gasteiger partial charge in [-0.15, -0.1) is 0 Å². The van der Waals surface area contributed by atoms with Crippen LogP contribution in [-0.4, -0.2) is 21.0 Å². The molecule has 5 rings (SSSR count). The molecule has 1 aromatic heterocycles. The third-order valence-electron chi connectivity index (χ3n) is 6.79. The highest BCUT2D eigenvalue weighted by molar-refractivity contribution is 5.35. The zero-order valence-electron chi connectivity index (χ0n) is 19.2. The summed E-state index contributed by atoms with van der Waals surface area (Å²) in [6.07, 6.45) is 0.796. The Morgan fingerprint density at radius 3 is 1.85 bits per heavy atom. The summed E-state index contributed by atoms with van der Waals surface area (Å²) in [6.45, 7) is 5.70. The van der Waals surface area contributed by atoms with Crippen molar-refractivity contribution in [3.05, 3.63) is 135 Å². The first kappa shape index (κ1) is 21.4. The molecular formula is C29H29N3O. The molecule has 4 aromatic rings. The second-order valence-corrected chi connectivity index (χ2v) is 8.79. The number of aromatic nitrogens is 2. The van der Waals surface area contributed by atoms with Crippen LogP contribution < -0.4 is 5.56 Å². The Labute approximate surface area is 195 Å². The number of nitrogens with zero attached hydrogens (tertiary/aromatic N) is 3. The molecule has 4 heteroatoms. The molecule has 0 fully saturated rings. The zero-order valence-corrected chi connectivity index (χ0v) is 19.2. The molecule has 0 radical (unpaired) electrons. The van der Waals surface area contributed by atoms with Crippen molar-refractivity contribution >= 4 is 0 Å². The average Bonchev–Trinajstić information content (AvgIpc) is 2.87. The summed E-state index contributed by atoms with van der Waals surface area (Å²) < 4.78 is 1.89. The smallest absolute Gasteiger partial charge is 0.259 e. The van der Waals surface area contributed by atoms with E-state index >= 15 is 0 Å². The van der Waals surface area contributed by atoms with E-state index in [9.17, 15) is 4.79 Å². The van der Waals surface area contributed by atoms with E-state index in [2.05, 4.69) is 60.4 Å². The summed E-state index contributed by atoms with van der Waals surface area (Å²) in [4.78, 5) is 21.4. The number of hydrogen-bond donors (Lipinski definition) is 0. The molecule has 33 heavy (non-hydrogen) atoms. The van der Waals surface area contributed by atoms with Gasteiger partial charge in [-0.25, -0.2) is 4.98 Å². The molecule has 1 aliphatic heterocycles. The Balaban J connectivity index is 1.59. The van der Waals surface area contributed by atoms with E-state index in [1.165, 1.54) is 5.56 Å². The standard InChI is InChI=1S/C29H29N3O/c1-21(23-12-6-3-7-13-23)31-19-18-27-26(20-31)29(33)32(22(2)30-27)28(24-14-8-4-9-15-24)25-16-10-5-11-17-25/h3-17,21,28H,18-20H2,1-2H3. The zero-order chi connectivity index (χ0) is 22.8. The Morgan fingerprint density at radius 1 is 0.788 bits per heavy atom. The maximum absolute atomic E-state index is 14.0. The SMILES string of the molecule is Cc1nc2c(c(=O)n1C(c1ccccc1)c1ccccc1)CN(C(C)c1ccccc1)CC2. The van der Waals surface area contributed by atoms with Crippen LogP contribution in [0.4, 0.5) is 0 Å². The molecule has 3 aromatic carbocycles. The van der Waals surface area contributed by atoms with Crippen LogP contribution in [0.5, 0.6) is 0 Å². The van der Waals surface area contributed by atoms with Crippen molar-refractivity contribution in [1.29, 1.82) is 0 Å². The Morgan fingerprint density at radius 2 is 1.30 bits per heavy atom. The highest BCUT2D eigenvalue weighted by atomic mass is 16.1. The van der Waals surface area contributed by atoms with Gasteiger partial charge in [0.25, 0.3) is 5.56 Å². The first-order valence-corrected chi connectivity index (χ1v) is 11.6. The van der Waals surface area contributed by atoms with Crippen LogP contribution in [0.3, 0.4) is 0 Å². The van der Waals surface area contributed by atoms with E-state index in [0.29, 0.717) is 6.54 Å². The molecule has 4 nitrogen and oxygen atoms in total. The fourth-order valence-corrected chi connectivity index (χ4v) is 4.97. The van der Waals surface area contributed by atoms with Crippen LogP contribution in [0.15, 0.2) is 95.8 Å². The predicted octanol–water partition coefficient (Wildman–Crippen LogP) is 5.31. The van der Waals surface area contributed by atoms with Gasteiger partial charge >= 0.3 is 0 Å². The Hall–Kier alpha value is -3.50. The van der Waals surface area contributed by atoms with Gasteiger partial charge in [-0.1, -0.05) is 91.0 Å². The van der Waals surface area contributed by atoms with Gasteiger partial charge in [-0.3, -0.25) is 14.3 Å². The second-order valence-electron chi connectivity index (χ2n) is 8.79. The van der Waals surface area contributed by atoms with E-state index in [1.807, 2.05) is 54.0 Å². The first-order valence-electron chi connectivity index (χ1n) is 11.6. The van der Waals surface area contributed by atoms with E-state index in [0.717, 1.165) is 41.2 Å². The molecule has 0 spiro atoms. The summed E-state index contributed by atoms with van der Waals surface area (Å²) in [5.74, 6) is 0.765. The number of aryl methyl sites for hydroxylation is 1. The Bertz CT molecular complexity index is 1240. The van der Waals surface area contributed by atoms with Crippen LogP contribution >= 0.6 is 0 Å². The third kappa shape index (κ3) is 4.14. The molecule has 0 bridgehead atoms. The normalized spacial score (nSPS) is 14.8. The molecule has 1 atom stereocenters. The molecule has 1 unspecified atom stereocenters. The average molecular weight is 436 g/mol. The highest BCUT2D eigenvalue weighted by Crippen LogP contribution is 2.29. The van der Waals surface area contributed by atoms with Crippen LogP contribution in [0.25, 0.3) is 0 Å². The van der Waals surface area contributed by atoms with Gasteiger partial charge in [-0.05, 0) is 30.5 Å². The maximum Gasteiger partial charge on any atom is 0.259 e. The Kier molecular flexibility index (Phi) is 5.93. The van der Waals surface area contributed by atoms with Gasteiger partial charge in [0.1, 0.15) is 5.82 Å². The van der Waals surface area contributed by atoms with E-state index in [1.54, 1.807) is 0 Å². The minimum Gasteiger partial charge on any atom is -0.292 e. The van der Waals surface area contributed by atoms with Crippen LogP contribution in [0, 0.1) is 6.92 Å². The fourth-order valence-electron chi connectivity index (χ4n) is 4.97. The molecule has 166 valence electrons. The topological polar surface area (TPSA) is 38.1 Å². The van der Waals surface area contributed by atoms with Crippen molar-refractivity contribution in [1.82, 2.24) is 14.5 Å². The number of fused-ring (bicyclic) bond motifs is 1. The van der Waals surface area contributed by atoms with Crippen molar-refractivity contribution < 1.29 is 0 Å².